The van der Waals surface area contributed by atoms with Gasteiger partial charge in [0.25, 0.3) is 0 Å². The van der Waals surface area contributed by atoms with Crippen LogP contribution < -0.4 is 0 Å². The van der Waals surface area contributed by atoms with E-state index in [0.717, 1.165) is 38.3 Å². The summed E-state index contributed by atoms with van der Waals surface area (Å²) >= 11 is 11.7. The summed E-state index contributed by atoms with van der Waals surface area (Å²) in [7, 11) is 0. The molecule has 2 heterocycles. The highest BCUT2D eigenvalue weighted by atomic mass is 35.5. The van der Waals surface area contributed by atoms with Crippen LogP contribution >= 0.6 is 23.2 Å². The van der Waals surface area contributed by atoms with E-state index in [1.54, 1.807) is 0 Å². The van der Waals surface area contributed by atoms with Crippen molar-refractivity contribution >= 4 is 23.2 Å². The third-order valence-electron chi connectivity index (χ3n) is 3.79. The zero-order chi connectivity index (χ0) is 16.2. The quantitative estimate of drug-likeness (QED) is 0.826. The summed E-state index contributed by atoms with van der Waals surface area (Å²) in [5, 5.41) is 5.41. The van der Waals surface area contributed by atoms with Gasteiger partial charge in [-0.05, 0) is 24.3 Å². The van der Waals surface area contributed by atoms with E-state index in [0.29, 0.717) is 28.3 Å². The van der Waals surface area contributed by atoms with Gasteiger partial charge in [-0.2, -0.15) is 4.98 Å². The van der Waals surface area contributed by atoms with E-state index >= 15 is 0 Å². The molecule has 1 saturated heterocycles. The molecular formula is C16H18Cl2N4O. The first-order valence-electron chi connectivity index (χ1n) is 7.46. The molecule has 0 spiro atoms. The molecule has 3 rings (SSSR count). The van der Waals surface area contributed by atoms with Gasteiger partial charge in [-0.1, -0.05) is 34.9 Å². The van der Waals surface area contributed by atoms with E-state index in [1.165, 1.54) is 0 Å². The summed E-state index contributed by atoms with van der Waals surface area (Å²) in [4.78, 5) is 9.05. The van der Waals surface area contributed by atoms with Crippen LogP contribution in [0.4, 0.5) is 0 Å². The zero-order valence-electron chi connectivity index (χ0n) is 12.7. The van der Waals surface area contributed by atoms with Crippen molar-refractivity contribution in [3.63, 3.8) is 0 Å². The van der Waals surface area contributed by atoms with Crippen LogP contribution in [0.25, 0.3) is 11.4 Å². The number of halogens is 2. The molecule has 1 aromatic carbocycles. The van der Waals surface area contributed by atoms with Crippen molar-refractivity contribution in [3.05, 3.63) is 46.8 Å². The molecule has 0 amide bonds. The van der Waals surface area contributed by atoms with Crippen molar-refractivity contribution in [1.29, 1.82) is 0 Å². The lowest BCUT2D eigenvalue weighted by Crippen LogP contribution is -2.46. The molecule has 1 fully saturated rings. The Morgan fingerprint density at radius 3 is 2.43 bits per heavy atom. The monoisotopic (exact) mass is 352 g/mol. The molecule has 0 unspecified atom stereocenters. The molecule has 1 aromatic heterocycles. The Kier molecular flexibility index (Phi) is 5.33. The summed E-state index contributed by atoms with van der Waals surface area (Å²) in [5.41, 5.74) is 0.898. The van der Waals surface area contributed by atoms with Crippen LogP contribution in [-0.2, 0) is 6.54 Å². The Morgan fingerprint density at radius 1 is 1.13 bits per heavy atom. The van der Waals surface area contributed by atoms with E-state index in [4.69, 9.17) is 27.7 Å². The van der Waals surface area contributed by atoms with Crippen molar-refractivity contribution in [3.8, 4) is 11.4 Å². The molecule has 0 bridgehead atoms. The third-order valence-corrected chi connectivity index (χ3v) is 4.16. The summed E-state index contributed by atoms with van der Waals surface area (Å²) < 4.78 is 5.36. The van der Waals surface area contributed by atoms with Gasteiger partial charge in [0.05, 0.1) is 6.54 Å². The first-order chi connectivity index (χ1) is 11.1. The minimum Gasteiger partial charge on any atom is -0.338 e. The van der Waals surface area contributed by atoms with Crippen molar-refractivity contribution in [2.45, 2.75) is 6.54 Å². The summed E-state index contributed by atoms with van der Waals surface area (Å²) in [6, 6.07) is 7.40. The summed E-state index contributed by atoms with van der Waals surface area (Å²) in [5.74, 6) is 1.22. The van der Waals surface area contributed by atoms with Gasteiger partial charge in [0.2, 0.25) is 11.7 Å². The van der Waals surface area contributed by atoms with Gasteiger partial charge in [0.1, 0.15) is 0 Å². The minimum absolute atomic E-state index is 0.591. The molecule has 0 aliphatic carbocycles. The van der Waals surface area contributed by atoms with Crippen molar-refractivity contribution in [2.24, 2.45) is 0 Å². The third kappa shape index (κ3) is 4.54. The van der Waals surface area contributed by atoms with Crippen LogP contribution in [-0.4, -0.2) is 52.7 Å². The highest BCUT2D eigenvalue weighted by molar-refractivity contribution is 6.30. The molecule has 2 aromatic rings. The van der Waals surface area contributed by atoms with Gasteiger partial charge in [-0.25, -0.2) is 0 Å². The highest BCUT2D eigenvalue weighted by Crippen LogP contribution is 2.19. The average Bonchev–Trinajstić information content (AvgIpc) is 2.98. The molecule has 7 heteroatoms. The lowest BCUT2D eigenvalue weighted by molar-refractivity contribution is 0.124. The second kappa shape index (κ2) is 7.45. The van der Waals surface area contributed by atoms with Crippen molar-refractivity contribution in [1.82, 2.24) is 19.9 Å². The van der Waals surface area contributed by atoms with Gasteiger partial charge >= 0.3 is 0 Å². The Morgan fingerprint density at radius 2 is 1.78 bits per heavy atom. The van der Waals surface area contributed by atoms with Crippen LogP contribution in [0.5, 0.6) is 0 Å². The lowest BCUT2D eigenvalue weighted by atomic mass is 10.2. The number of nitrogens with zero attached hydrogens (tertiary/aromatic N) is 4. The fraction of sp³-hybridized carbons (Fsp3) is 0.375. The highest BCUT2D eigenvalue weighted by Gasteiger charge is 2.19. The smallest absolute Gasteiger partial charge is 0.241 e. The topological polar surface area (TPSA) is 45.4 Å². The number of aromatic nitrogens is 2. The van der Waals surface area contributed by atoms with Gasteiger partial charge in [0.15, 0.2) is 0 Å². The van der Waals surface area contributed by atoms with E-state index in [2.05, 4.69) is 26.5 Å². The maximum atomic E-state index is 5.89. The predicted octanol–water partition coefficient (Wildman–Crippen LogP) is 3.26. The summed E-state index contributed by atoms with van der Waals surface area (Å²) in [6.45, 7) is 8.97. The molecule has 1 aliphatic rings. The van der Waals surface area contributed by atoms with E-state index in [1.807, 2.05) is 24.3 Å². The second-order valence-electron chi connectivity index (χ2n) is 5.59. The first-order valence-corrected chi connectivity index (χ1v) is 8.22. The van der Waals surface area contributed by atoms with Crippen LogP contribution in [0.2, 0.25) is 5.02 Å². The number of piperazine rings is 1. The molecule has 0 atom stereocenters. The van der Waals surface area contributed by atoms with Crippen LogP contribution in [0.15, 0.2) is 40.4 Å². The first kappa shape index (κ1) is 16.5. The molecule has 0 radical (unpaired) electrons. The largest absolute Gasteiger partial charge is 0.338 e. The molecule has 0 saturated carbocycles. The maximum absolute atomic E-state index is 5.89. The van der Waals surface area contributed by atoms with E-state index in [-0.39, 0.29) is 0 Å². The maximum Gasteiger partial charge on any atom is 0.241 e. The van der Waals surface area contributed by atoms with E-state index < -0.39 is 0 Å². The normalized spacial score (nSPS) is 16.6. The molecular weight excluding hydrogens is 335 g/mol. The predicted molar refractivity (Wildman–Crippen MR) is 91.5 cm³/mol. The van der Waals surface area contributed by atoms with Gasteiger partial charge in [0, 0.05) is 48.3 Å². The summed E-state index contributed by atoms with van der Waals surface area (Å²) in [6.07, 6.45) is 0. The number of rotatable bonds is 5. The Hall–Kier alpha value is -1.40. The van der Waals surface area contributed by atoms with Crippen LogP contribution in [0, 0.1) is 0 Å². The molecule has 1 aliphatic heterocycles. The fourth-order valence-corrected chi connectivity index (χ4v) is 2.87. The number of hydrogen-bond donors (Lipinski definition) is 0. The molecule has 0 N–H and O–H groups in total. The minimum atomic E-state index is 0.591. The average molecular weight is 353 g/mol. The standard InChI is InChI=1S/C16H18Cl2N4O/c1-12(17)10-21-6-8-22(9-7-21)11-15-19-16(20-23-15)13-2-4-14(18)5-3-13/h2-5H,1,6-11H2. The van der Waals surface area contributed by atoms with Crippen LogP contribution in [0.3, 0.4) is 0 Å². The van der Waals surface area contributed by atoms with Crippen molar-refractivity contribution in [2.75, 3.05) is 32.7 Å². The lowest BCUT2D eigenvalue weighted by Gasteiger charge is -2.33. The Labute approximate surface area is 145 Å². The molecule has 5 nitrogen and oxygen atoms in total. The number of hydrogen-bond acceptors (Lipinski definition) is 5. The molecule has 122 valence electrons. The molecule has 23 heavy (non-hydrogen) atoms. The Bertz CT molecular complexity index is 663. The fourth-order valence-electron chi connectivity index (χ4n) is 2.57. The van der Waals surface area contributed by atoms with E-state index in [9.17, 15) is 0 Å². The van der Waals surface area contributed by atoms with Gasteiger partial charge < -0.3 is 4.52 Å². The SMILES string of the molecule is C=C(Cl)CN1CCN(Cc2nc(-c3ccc(Cl)cc3)no2)CC1. The van der Waals surface area contributed by atoms with Gasteiger partial charge in [-0.3, -0.25) is 9.80 Å². The number of benzene rings is 1. The van der Waals surface area contributed by atoms with Gasteiger partial charge in [-0.15, -0.1) is 0 Å². The zero-order valence-corrected chi connectivity index (χ0v) is 14.2. The second-order valence-corrected chi connectivity index (χ2v) is 6.56. The van der Waals surface area contributed by atoms with Crippen molar-refractivity contribution < 1.29 is 4.52 Å². The van der Waals surface area contributed by atoms with Crippen LogP contribution in [0.1, 0.15) is 5.89 Å². The Balaban J connectivity index is 1.56.